The molecule has 0 saturated carbocycles. The Morgan fingerprint density at radius 3 is 2.44 bits per heavy atom. The third-order valence-electron chi connectivity index (χ3n) is 4.14. The minimum atomic E-state index is -0.521. The highest BCUT2D eigenvalue weighted by molar-refractivity contribution is 9.11. The molecule has 0 radical (unpaired) electrons. The molecule has 3 aromatic rings. The summed E-state index contributed by atoms with van der Waals surface area (Å²) < 4.78 is 7.29. The van der Waals surface area contributed by atoms with Gasteiger partial charge in [-0.25, -0.2) is 5.43 Å². The number of rotatable bonds is 8. The molecule has 0 aliphatic rings. The summed E-state index contributed by atoms with van der Waals surface area (Å²) in [7, 11) is 0. The van der Waals surface area contributed by atoms with Gasteiger partial charge < -0.3 is 10.1 Å². The van der Waals surface area contributed by atoms with Crippen LogP contribution in [0.2, 0.25) is 5.02 Å². The van der Waals surface area contributed by atoms with Crippen molar-refractivity contribution >= 4 is 67.2 Å². The first-order valence-electron chi connectivity index (χ1n) is 9.44. The Morgan fingerprint density at radius 2 is 1.72 bits per heavy atom. The van der Waals surface area contributed by atoms with Crippen LogP contribution in [0.5, 0.6) is 5.75 Å². The maximum atomic E-state index is 12.0. The maximum absolute atomic E-state index is 12.0. The number of anilines is 1. The molecule has 3 rings (SSSR count). The van der Waals surface area contributed by atoms with Crippen LogP contribution in [-0.2, 0) is 16.2 Å². The highest BCUT2D eigenvalue weighted by Crippen LogP contribution is 2.26. The number of hydrogen-bond donors (Lipinski definition) is 2. The fourth-order valence-corrected chi connectivity index (χ4v) is 3.60. The summed E-state index contributed by atoms with van der Waals surface area (Å²) in [5, 5.41) is 7.24. The summed E-state index contributed by atoms with van der Waals surface area (Å²) in [4.78, 5) is 23.9. The standard InChI is InChI=1S/C23H18Br2ClN3O3/c24-18-3-1-2-4-20(18)28-22(30)12-23(31)29-27-13-16-7-10-21(19(25)11-16)32-14-15-5-8-17(26)9-6-15/h1-11,13H,12,14H2,(H,28,30)(H,29,31). The predicted octanol–water partition coefficient (Wildman–Crippen LogP) is 5.92. The number of carbonyl (C=O) groups excluding carboxylic acids is 2. The van der Waals surface area contributed by atoms with Crippen molar-refractivity contribution in [1.82, 2.24) is 5.43 Å². The molecule has 0 atom stereocenters. The van der Waals surface area contributed by atoms with Crippen molar-refractivity contribution in [2.45, 2.75) is 13.0 Å². The summed E-state index contributed by atoms with van der Waals surface area (Å²) in [5.74, 6) is -0.285. The van der Waals surface area contributed by atoms with Crippen LogP contribution in [0.1, 0.15) is 17.5 Å². The van der Waals surface area contributed by atoms with Crippen LogP contribution >= 0.6 is 43.5 Å². The van der Waals surface area contributed by atoms with Crippen molar-refractivity contribution in [3.05, 3.63) is 91.8 Å². The Balaban J connectivity index is 1.47. The number of nitrogens with zero attached hydrogens (tertiary/aromatic N) is 1. The molecule has 0 saturated heterocycles. The highest BCUT2D eigenvalue weighted by Gasteiger charge is 2.10. The number of hydrazone groups is 1. The Kier molecular flexibility index (Phi) is 8.84. The van der Waals surface area contributed by atoms with Gasteiger partial charge in [0.05, 0.1) is 16.4 Å². The summed E-state index contributed by atoms with van der Waals surface area (Å²) in [5.41, 5.74) is 4.69. The normalized spacial score (nSPS) is 10.7. The van der Waals surface area contributed by atoms with E-state index in [4.69, 9.17) is 16.3 Å². The van der Waals surface area contributed by atoms with E-state index in [0.29, 0.717) is 23.1 Å². The van der Waals surface area contributed by atoms with Crippen LogP contribution in [0.15, 0.2) is 80.8 Å². The van der Waals surface area contributed by atoms with Crippen molar-refractivity contribution in [3.8, 4) is 5.75 Å². The third kappa shape index (κ3) is 7.47. The van der Waals surface area contributed by atoms with Gasteiger partial charge in [0.15, 0.2) is 0 Å². The molecule has 0 bridgehead atoms. The van der Waals surface area contributed by atoms with Gasteiger partial charge in [-0.15, -0.1) is 0 Å². The van der Waals surface area contributed by atoms with Crippen LogP contribution in [0.4, 0.5) is 5.69 Å². The second-order valence-corrected chi connectivity index (χ2v) is 8.75. The zero-order valence-electron chi connectivity index (χ0n) is 16.6. The summed E-state index contributed by atoms with van der Waals surface area (Å²) in [6, 6.07) is 20.0. The SMILES string of the molecule is O=C(CC(=O)Nc1ccccc1Br)NN=Cc1ccc(OCc2ccc(Cl)cc2)c(Br)c1. The van der Waals surface area contributed by atoms with Crippen molar-refractivity contribution in [1.29, 1.82) is 0 Å². The lowest BCUT2D eigenvalue weighted by atomic mass is 10.2. The second-order valence-electron chi connectivity index (χ2n) is 6.60. The van der Waals surface area contributed by atoms with Gasteiger partial charge in [-0.2, -0.15) is 5.10 Å². The molecule has 6 nitrogen and oxygen atoms in total. The summed E-state index contributed by atoms with van der Waals surface area (Å²) >= 11 is 12.7. The monoisotopic (exact) mass is 577 g/mol. The molecule has 2 N–H and O–H groups in total. The predicted molar refractivity (Wildman–Crippen MR) is 133 cm³/mol. The van der Waals surface area contributed by atoms with E-state index in [9.17, 15) is 9.59 Å². The molecule has 0 fully saturated rings. The van der Waals surface area contributed by atoms with Gasteiger partial charge in [0.2, 0.25) is 11.8 Å². The molecule has 0 unspecified atom stereocenters. The fraction of sp³-hybridized carbons (Fsp3) is 0.0870. The van der Waals surface area contributed by atoms with E-state index in [-0.39, 0.29) is 6.42 Å². The molecular formula is C23H18Br2ClN3O3. The van der Waals surface area contributed by atoms with E-state index >= 15 is 0 Å². The van der Waals surface area contributed by atoms with E-state index in [1.165, 1.54) is 6.21 Å². The first kappa shape index (κ1) is 24.0. The Morgan fingerprint density at radius 1 is 0.969 bits per heavy atom. The third-order valence-corrected chi connectivity index (χ3v) is 5.70. The van der Waals surface area contributed by atoms with Gasteiger partial charge in [-0.1, -0.05) is 35.9 Å². The molecule has 0 heterocycles. The average Bonchev–Trinajstić information content (AvgIpc) is 2.76. The van der Waals surface area contributed by atoms with Gasteiger partial charge in [0, 0.05) is 9.50 Å². The first-order chi connectivity index (χ1) is 15.4. The zero-order chi connectivity index (χ0) is 22.9. The van der Waals surface area contributed by atoms with E-state index in [2.05, 4.69) is 47.7 Å². The molecule has 0 aliphatic carbocycles. The molecule has 0 aromatic heterocycles. The van der Waals surface area contributed by atoms with Crippen LogP contribution in [0, 0.1) is 0 Å². The molecule has 32 heavy (non-hydrogen) atoms. The number of halogens is 3. The second kappa shape index (κ2) is 11.8. The van der Waals surface area contributed by atoms with Crippen molar-refractivity contribution in [3.63, 3.8) is 0 Å². The first-order valence-corrected chi connectivity index (χ1v) is 11.4. The summed E-state index contributed by atoms with van der Waals surface area (Å²) in [6.45, 7) is 0.404. The molecule has 164 valence electrons. The molecule has 0 aliphatic heterocycles. The van der Waals surface area contributed by atoms with Crippen LogP contribution in [-0.4, -0.2) is 18.0 Å². The van der Waals surface area contributed by atoms with Gasteiger partial charge >= 0.3 is 0 Å². The fourth-order valence-electron chi connectivity index (χ4n) is 2.58. The topological polar surface area (TPSA) is 79.8 Å². The summed E-state index contributed by atoms with van der Waals surface area (Å²) in [6.07, 6.45) is 1.14. The van der Waals surface area contributed by atoms with E-state index in [1.807, 2.05) is 36.4 Å². The van der Waals surface area contributed by atoms with Gasteiger partial charge in [-0.3, -0.25) is 9.59 Å². The largest absolute Gasteiger partial charge is 0.488 e. The lowest BCUT2D eigenvalue weighted by molar-refractivity contribution is -0.126. The molecule has 2 amide bonds. The van der Waals surface area contributed by atoms with Crippen LogP contribution in [0.3, 0.4) is 0 Å². The van der Waals surface area contributed by atoms with E-state index < -0.39 is 11.8 Å². The average molecular weight is 580 g/mol. The zero-order valence-corrected chi connectivity index (χ0v) is 20.6. The van der Waals surface area contributed by atoms with E-state index in [1.54, 1.807) is 30.3 Å². The number of para-hydroxylation sites is 1. The van der Waals surface area contributed by atoms with Crippen molar-refractivity contribution in [2.75, 3.05) is 5.32 Å². The number of hydrogen-bond acceptors (Lipinski definition) is 4. The number of nitrogens with one attached hydrogen (secondary N) is 2. The van der Waals surface area contributed by atoms with Crippen molar-refractivity contribution < 1.29 is 14.3 Å². The number of benzene rings is 3. The Bertz CT molecular complexity index is 1140. The van der Waals surface area contributed by atoms with Gasteiger partial charge in [0.1, 0.15) is 18.8 Å². The quantitative estimate of drug-likeness (QED) is 0.198. The number of carbonyl (C=O) groups is 2. The van der Waals surface area contributed by atoms with Crippen LogP contribution < -0.4 is 15.5 Å². The molecule has 9 heteroatoms. The van der Waals surface area contributed by atoms with Crippen LogP contribution in [0.25, 0.3) is 0 Å². The number of ether oxygens (including phenoxy) is 1. The lowest BCUT2D eigenvalue weighted by Crippen LogP contribution is -2.24. The molecular weight excluding hydrogens is 562 g/mol. The highest BCUT2D eigenvalue weighted by atomic mass is 79.9. The van der Waals surface area contributed by atoms with Crippen molar-refractivity contribution in [2.24, 2.45) is 5.10 Å². The van der Waals surface area contributed by atoms with E-state index in [0.717, 1.165) is 20.1 Å². The minimum Gasteiger partial charge on any atom is -0.488 e. The smallest absolute Gasteiger partial charge is 0.249 e. The minimum absolute atomic E-state index is 0.347. The molecule has 3 aromatic carbocycles. The lowest BCUT2D eigenvalue weighted by Gasteiger charge is -2.09. The Labute approximate surface area is 207 Å². The van der Waals surface area contributed by atoms with Gasteiger partial charge in [-0.05, 0) is 85.5 Å². The number of amides is 2. The Hall–Kier alpha value is -2.68. The molecule has 0 spiro atoms. The maximum Gasteiger partial charge on any atom is 0.249 e. The van der Waals surface area contributed by atoms with Gasteiger partial charge in [0.25, 0.3) is 0 Å².